The smallest absolute Gasteiger partial charge is 0.322 e. The second kappa shape index (κ2) is 9.17. The van der Waals surface area contributed by atoms with E-state index in [0.29, 0.717) is 5.56 Å². The monoisotopic (exact) mass is 307 g/mol. The predicted octanol–water partition coefficient (Wildman–Crippen LogP) is 0.931. The highest BCUT2D eigenvalue weighted by Gasteiger charge is 2.16. The number of hydrogen-bond acceptors (Lipinski definition) is 4. The van der Waals surface area contributed by atoms with Crippen molar-refractivity contribution in [2.45, 2.75) is 25.9 Å². The topological polar surface area (TPSA) is 81.7 Å². The number of rotatable bonds is 9. The summed E-state index contributed by atoms with van der Waals surface area (Å²) in [4.78, 5) is 25.1. The fraction of sp³-hybridized carbons (Fsp3) is 0.500. The summed E-state index contributed by atoms with van der Waals surface area (Å²) in [6.07, 6.45) is 1.10. The molecule has 0 bridgehead atoms. The first-order valence-electron chi connectivity index (χ1n) is 7.43. The average molecular weight is 307 g/mol. The Morgan fingerprint density at radius 2 is 1.91 bits per heavy atom. The van der Waals surface area contributed by atoms with Crippen LogP contribution in [0.25, 0.3) is 0 Å². The molecule has 0 aliphatic rings. The van der Waals surface area contributed by atoms with Gasteiger partial charge in [0.2, 0.25) is 0 Å². The van der Waals surface area contributed by atoms with Gasteiger partial charge >= 0.3 is 5.97 Å². The molecule has 1 atom stereocenters. The zero-order valence-corrected chi connectivity index (χ0v) is 13.4. The van der Waals surface area contributed by atoms with Crippen LogP contribution in [0.4, 0.5) is 0 Å². The number of carboxylic acids is 1. The number of aliphatic carboxylic acids is 1. The molecule has 0 heterocycles. The molecule has 6 heteroatoms. The van der Waals surface area contributed by atoms with Crippen LogP contribution in [0.3, 0.4) is 0 Å². The third-order valence-corrected chi connectivity index (χ3v) is 3.39. The van der Waals surface area contributed by atoms with Gasteiger partial charge in [-0.1, -0.05) is 19.1 Å². The predicted molar refractivity (Wildman–Crippen MR) is 85.9 cm³/mol. The molecule has 3 N–H and O–H groups in total. The molecule has 1 amide bonds. The number of hydrogen-bond donors (Lipinski definition) is 3. The van der Waals surface area contributed by atoms with E-state index in [0.717, 1.165) is 25.1 Å². The number of nitrogens with one attached hydrogen (secondary N) is 2. The molecule has 1 unspecified atom stereocenters. The minimum Gasteiger partial charge on any atom is -0.480 e. The van der Waals surface area contributed by atoms with Crippen molar-refractivity contribution in [2.24, 2.45) is 0 Å². The van der Waals surface area contributed by atoms with Crippen molar-refractivity contribution in [3.05, 3.63) is 35.4 Å². The molecule has 0 radical (unpaired) electrons. The number of amides is 1. The van der Waals surface area contributed by atoms with E-state index in [1.54, 1.807) is 19.2 Å². The first-order chi connectivity index (χ1) is 10.5. The Hall–Kier alpha value is -1.92. The first kappa shape index (κ1) is 18.1. The van der Waals surface area contributed by atoms with E-state index in [2.05, 4.69) is 29.5 Å². The quantitative estimate of drug-likeness (QED) is 0.632. The zero-order valence-electron chi connectivity index (χ0n) is 13.4. The Morgan fingerprint density at radius 3 is 2.41 bits per heavy atom. The van der Waals surface area contributed by atoms with E-state index in [4.69, 9.17) is 5.11 Å². The van der Waals surface area contributed by atoms with Crippen molar-refractivity contribution >= 4 is 11.9 Å². The van der Waals surface area contributed by atoms with E-state index in [1.807, 2.05) is 12.1 Å². The number of carboxylic acid groups (broad SMARTS) is 1. The Morgan fingerprint density at radius 1 is 1.27 bits per heavy atom. The molecule has 0 spiro atoms. The van der Waals surface area contributed by atoms with Crippen LogP contribution in [-0.2, 0) is 11.3 Å². The van der Waals surface area contributed by atoms with Gasteiger partial charge < -0.3 is 20.6 Å². The summed E-state index contributed by atoms with van der Waals surface area (Å²) in [5, 5.41) is 14.2. The van der Waals surface area contributed by atoms with Gasteiger partial charge in [-0.3, -0.25) is 9.59 Å². The van der Waals surface area contributed by atoms with E-state index in [-0.39, 0.29) is 12.5 Å². The summed E-state index contributed by atoms with van der Waals surface area (Å²) < 4.78 is 0. The summed E-state index contributed by atoms with van der Waals surface area (Å²) >= 11 is 0. The van der Waals surface area contributed by atoms with E-state index < -0.39 is 12.0 Å². The molecule has 0 aromatic heterocycles. The van der Waals surface area contributed by atoms with Gasteiger partial charge in [0.25, 0.3) is 5.91 Å². The van der Waals surface area contributed by atoms with Gasteiger partial charge in [-0.25, -0.2) is 0 Å². The Kier molecular flexibility index (Phi) is 7.56. The van der Waals surface area contributed by atoms with Gasteiger partial charge in [-0.2, -0.15) is 0 Å². The summed E-state index contributed by atoms with van der Waals surface area (Å²) in [5.41, 5.74) is 1.67. The number of carbonyl (C=O) groups excluding carboxylic acids is 1. The highest BCUT2D eigenvalue weighted by molar-refractivity contribution is 5.94. The van der Waals surface area contributed by atoms with E-state index in [1.165, 1.54) is 0 Å². The lowest BCUT2D eigenvalue weighted by Gasteiger charge is -2.16. The lowest BCUT2D eigenvalue weighted by molar-refractivity contribution is -0.139. The van der Waals surface area contributed by atoms with Crippen molar-refractivity contribution < 1.29 is 14.7 Å². The number of likely N-dealkylation sites (N-methyl/N-ethyl adjacent to an activating group) is 1. The molecule has 1 rings (SSSR count). The Bertz CT molecular complexity index is 488. The normalized spacial score (nSPS) is 12.2. The molecule has 0 fully saturated rings. The molecule has 122 valence electrons. The van der Waals surface area contributed by atoms with Crippen LogP contribution in [0, 0.1) is 0 Å². The molecular weight excluding hydrogens is 282 g/mol. The summed E-state index contributed by atoms with van der Waals surface area (Å²) in [6, 6.07) is 6.59. The molecule has 1 aromatic carbocycles. The highest BCUT2D eigenvalue weighted by Crippen LogP contribution is 2.07. The molecule has 0 saturated heterocycles. The highest BCUT2D eigenvalue weighted by atomic mass is 16.4. The lowest BCUT2D eigenvalue weighted by atomic mass is 10.1. The second-order valence-electron chi connectivity index (χ2n) is 5.32. The third-order valence-electron chi connectivity index (χ3n) is 3.39. The SMILES string of the molecule is CCCN(C)Cc1ccc(C(=O)NCC(NC)C(=O)O)cc1. The molecule has 6 nitrogen and oxygen atoms in total. The molecular formula is C16H25N3O3. The van der Waals surface area contributed by atoms with Crippen LogP contribution in [0.1, 0.15) is 29.3 Å². The maximum Gasteiger partial charge on any atom is 0.322 e. The Balaban J connectivity index is 2.55. The van der Waals surface area contributed by atoms with Crippen LogP contribution < -0.4 is 10.6 Å². The fourth-order valence-corrected chi connectivity index (χ4v) is 2.14. The third kappa shape index (κ3) is 5.83. The second-order valence-corrected chi connectivity index (χ2v) is 5.32. The van der Waals surface area contributed by atoms with Crippen molar-refractivity contribution in [1.82, 2.24) is 15.5 Å². The van der Waals surface area contributed by atoms with Crippen LogP contribution in [0.2, 0.25) is 0 Å². The van der Waals surface area contributed by atoms with Gasteiger partial charge in [0.05, 0.1) is 0 Å². The molecule has 1 aromatic rings. The zero-order chi connectivity index (χ0) is 16.5. The fourth-order valence-electron chi connectivity index (χ4n) is 2.14. The average Bonchev–Trinajstić information content (AvgIpc) is 2.48. The van der Waals surface area contributed by atoms with Crippen LogP contribution in [-0.4, -0.2) is 55.1 Å². The minimum atomic E-state index is -0.989. The Labute approximate surface area is 131 Å². The summed E-state index contributed by atoms with van der Waals surface area (Å²) in [6.45, 7) is 4.06. The number of carbonyl (C=O) groups is 2. The molecule has 0 aliphatic heterocycles. The first-order valence-corrected chi connectivity index (χ1v) is 7.43. The van der Waals surface area contributed by atoms with Crippen molar-refractivity contribution in [3.63, 3.8) is 0 Å². The summed E-state index contributed by atoms with van der Waals surface area (Å²) in [7, 11) is 3.61. The van der Waals surface area contributed by atoms with Crippen molar-refractivity contribution in [1.29, 1.82) is 0 Å². The van der Waals surface area contributed by atoms with E-state index in [9.17, 15) is 9.59 Å². The van der Waals surface area contributed by atoms with Crippen molar-refractivity contribution in [2.75, 3.05) is 27.2 Å². The van der Waals surface area contributed by atoms with Crippen LogP contribution in [0.15, 0.2) is 24.3 Å². The maximum atomic E-state index is 12.0. The molecule has 0 saturated carbocycles. The van der Waals surface area contributed by atoms with E-state index >= 15 is 0 Å². The molecule has 0 aliphatic carbocycles. The standard InChI is InChI=1S/C16H25N3O3/c1-4-9-19(3)11-12-5-7-13(8-6-12)15(20)18-10-14(17-2)16(21)22/h5-8,14,17H,4,9-11H2,1-3H3,(H,18,20)(H,21,22). The summed E-state index contributed by atoms with van der Waals surface area (Å²) in [5.74, 6) is -1.26. The van der Waals surface area contributed by atoms with Gasteiger partial charge in [0, 0.05) is 18.7 Å². The number of benzene rings is 1. The van der Waals surface area contributed by atoms with Crippen LogP contribution in [0.5, 0.6) is 0 Å². The van der Waals surface area contributed by atoms with Gasteiger partial charge in [-0.05, 0) is 44.8 Å². The van der Waals surface area contributed by atoms with Gasteiger partial charge in [0.1, 0.15) is 6.04 Å². The van der Waals surface area contributed by atoms with Gasteiger partial charge in [0.15, 0.2) is 0 Å². The maximum absolute atomic E-state index is 12.0. The molecule has 22 heavy (non-hydrogen) atoms. The van der Waals surface area contributed by atoms with Gasteiger partial charge in [-0.15, -0.1) is 0 Å². The number of nitrogens with zero attached hydrogens (tertiary/aromatic N) is 1. The largest absolute Gasteiger partial charge is 0.480 e. The minimum absolute atomic E-state index is 0.0473. The lowest BCUT2D eigenvalue weighted by Crippen LogP contribution is -2.44. The van der Waals surface area contributed by atoms with Crippen LogP contribution >= 0.6 is 0 Å². The van der Waals surface area contributed by atoms with Crippen molar-refractivity contribution in [3.8, 4) is 0 Å².